The predicted molar refractivity (Wildman–Crippen MR) is 85.0 cm³/mol. The Balaban J connectivity index is 1.92. The first kappa shape index (κ1) is 18.9. The van der Waals surface area contributed by atoms with Crippen LogP contribution in [-0.4, -0.2) is 27.4 Å². The molecule has 0 heterocycles. The van der Waals surface area contributed by atoms with Crippen LogP contribution in [0.1, 0.15) is 15.9 Å². The summed E-state index contributed by atoms with van der Waals surface area (Å²) >= 11 is 0. The summed E-state index contributed by atoms with van der Waals surface area (Å²) in [5, 5.41) is 2.22. The Bertz CT molecular complexity index is 884. The van der Waals surface area contributed by atoms with Crippen LogP contribution >= 0.6 is 0 Å². The first-order valence-corrected chi connectivity index (χ1v) is 8.68. The molecule has 2 aromatic carbocycles. The molecule has 0 atom stereocenters. The van der Waals surface area contributed by atoms with Crippen LogP contribution in [0.25, 0.3) is 0 Å². The summed E-state index contributed by atoms with van der Waals surface area (Å²) in [5.41, 5.74) is 0.236. The van der Waals surface area contributed by atoms with Gasteiger partial charge in [0.1, 0.15) is 0 Å². The average molecular weight is 372 g/mol. The molecule has 0 aliphatic rings. The van der Waals surface area contributed by atoms with Gasteiger partial charge in [0.2, 0.25) is 10.0 Å². The first-order valence-electron chi connectivity index (χ1n) is 7.20. The highest BCUT2D eigenvalue weighted by Crippen LogP contribution is 2.15. The van der Waals surface area contributed by atoms with Gasteiger partial charge in [0.25, 0.3) is 5.91 Å². The monoisotopic (exact) mass is 372 g/mol. The van der Waals surface area contributed by atoms with E-state index in [2.05, 4.69) is 10.0 Å². The molecule has 134 valence electrons. The largest absolute Gasteiger partial charge is 0.351 e. The summed E-state index contributed by atoms with van der Waals surface area (Å²) in [5.74, 6) is -5.73. The molecule has 0 fully saturated rings. The van der Waals surface area contributed by atoms with Crippen LogP contribution in [0.5, 0.6) is 0 Å². The maximum absolute atomic E-state index is 13.5. The molecule has 0 spiro atoms. The molecule has 0 saturated heterocycles. The smallest absolute Gasteiger partial charge is 0.254 e. The summed E-state index contributed by atoms with van der Waals surface area (Å²) in [6, 6.07) is 7.59. The number of benzene rings is 2. The Morgan fingerprint density at radius 2 is 1.60 bits per heavy atom. The zero-order valence-corrected chi connectivity index (χ0v) is 14.0. The van der Waals surface area contributed by atoms with Crippen molar-refractivity contribution in [1.29, 1.82) is 0 Å². The molecule has 5 nitrogen and oxygen atoms in total. The van der Waals surface area contributed by atoms with Crippen molar-refractivity contribution in [2.45, 2.75) is 11.8 Å². The topological polar surface area (TPSA) is 75.3 Å². The van der Waals surface area contributed by atoms with Gasteiger partial charge in [0.15, 0.2) is 17.5 Å². The van der Waals surface area contributed by atoms with E-state index in [-0.39, 0.29) is 18.0 Å². The van der Waals surface area contributed by atoms with Crippen LogP contribution in [-0.2, 0) is 10.0 Å². The normalized spacial score (nSPS) is 11.4. The van der Waals surface area contributed by atoms with Crippen LogP contribution in [0, 0.1) is 24.4 Å². The van der Waals surface area contributed by atoms with E-state index in [1.165, 1.54) is 12.1 Å². The van der Waals surface area contributed by atoms with Gasteiger partial charge in [-0.3, -0.25) is 4.79 Å². The zero-order chi connectivity index (χ0) is 18.6. The van der Waals surface area contributed by atoms with E-state index in [1.54, 1.807) is 12.1 Å². The number of carbonyl (C=O) groups excluding carboxylic acids is 1. The van der Waals surface area contributed by atoms with Crippen LogP contribution in [0.15, 0.2) is 41.3 Å². The minimum atomic E-state index is -3.75. The lowest BCUT2D eigenvalue weighted by Gasteiger charge is -2.09. The molecule has 0 aromatic heterocycles. The summed E-state index contributed by atoms with van der Waals surface area (Å²) in [6.07, 6.45) is 0. The van der Waals surface area contributed by atoms with Gasteiger partial charge in [-0.25, -0.2) is 26.3 Å². The maximum Gasteiger partial charge on any atom is 0.254 e. The lowest BCUT2D eigenvalue weighted by molar-refractivity contribution is 0.0949. The third-order valence-electron chi connectivity index (χ3n) is 3.31. The van der Waals surface area contributed by atoms with Gasteiger partial charge in [0, 0.05) is 13.1 Å². The third kappa shape index (κ3) is 4.58. The number of nitrogens with one attached hydrogen (secondary N) is 2. The van der Waals surface area contributed by atoms with Crippen molar-refractivity contribution >= 4 is 15.9 Å². The lowest BCUT2D eigenvalue weighted by Crippen LogP contribution is -2.35. The molecule has 2 N–H and O–H groups in total. The molecule has 0 aliphatic carbocycles. The number of amides is 1. The Labute approximate surface area is 142 Å². The van der Waals surface area contributed by atoms with Crippen LogP contribution in [0.4, 0.5) is 13.2 Å². The van der Waals surface area contributed by atoms with E-state index >= 15 is 0 Å². The van der Waals surface area contributed by atoms with E-state index < -0.39 is 38.9 Å². The van der Waals surface area contributed by atoms with Gasteiger partial charge in [-0.05, 0) is 31.2 Å². The molecule has 0 bridgehead atoms. The standard InChI is InChI=1S/C16H15F3N2O3S/c1-10-2-4-11(5-3-10)25(23,24)21-9-8-20-16(22)12-6-7-13(17)15(19)14(12)18/h2-7,21H,8-9H2,1H3,(H,20,22). The fraction of sp³-hybridized carbons (Fsp3) is 0.188. The highest BCUT2D eigenvalue weighted by Gasteiger charge is 2.19. The van der Waals surface area contributed by atoms with Crippen LogP contribution < -0.4 is 10.0 Å². The summed E-state index contributed by atoms with van der Waals surface area (Å²) in [6.45, 7) is 1.49. The number of carbonyl (C=O) groups is 1. The van der Waals surface area contributed by atoms with Crippen molar-refractivity contribution in [2.24, 2.45) is 0 Å². The molecular formula is C16H15F3N2O3S. The molecule has 25 heavy (non-hydrogen) atoms. The van der Waals surface area contributed by atoms with Crippen molar-refractivity contribution in [3.8, 4) is 0 Å². The van der Waals surface area contributed by atoms with E-state index in [1.807, 2.05) is 6.92 Å². The quantitative estimate of drug-likeness (QED) is 0.603. The second-order valence-corrected chi connectivity index (χ2v) is 6.96. The Morgan fingerprint density at radius 3 is 2.24 bits per heavy atom. The molecule has 0 saturated carbocycles. The molecule has 0 aliphatic heterocycles. The zero-order valence-electron chi connectivity index (χ0n) is 13.1. The molecule has 2 rings (SSSR count). The Morgan fingerprint density at radius 1 is 0.960 bits per heavy atom. The molecule has 2 aromatic rings. The number of halogens is 3. The van der Waals surface area contributed by atoms with Crippen molar-refractivity contribution in [3.63, 3.8) is 0 Å². The maximum atomic E-state index is 13.5. The average Bonchev–Trinajstić information content (AvgIpc) is 2.57. The Kier molecular flexibility index (Phi) is 5.81. The van der Waals surface area contributed by atoms with Gasteiger partial charge in [-0.2, -0.15) is 0 Å². The van der Waals surface area contributed by atoms with E-state index in [4.69, 9.17) is 0 Å². The second kappa shape index (κ2) is 7.66. The lowest BCUT2D eigenvalue weighted by atomic mass is 10.2. The fourth-order valence-electron chi connectivity index (χ4n) is 1.96. The van der Waals surface area contributed by atoms with Crippen molar-refractivity contribution < 1.29 is 26.4 Å². The second-order valence-electron chi connectivity index (χ2n) is 5.19. The molecule has 0 radical (unpaired) electrons. The van der Waals surface area contributed by atoms with Crippen LogP contribution in [0.2, 0.25) is 0 Å². The van der Waals surface area contributed by atoms with Crippen LogP contribution in [0.3, 0.4) is 0 Å². The number of sulfonamides is 1. The molecule has 9 heteroatoms. The van der Waals surface area contributed by atoms with E-state index in [0.29, 0.717) is 6.07 Å². The van der Waals surface area contributed by atoms with E-state index in [0.717, 1.165) is 11.6 Å². The molecular weight excluding hydrogens is 357 g/mol. The minimum Gasteiger partial charge on any atom is -0.351 e. The van der Waals surface area contributed by atoms with Gasteiger partial charge >= 0.3 is 0 Å². The SMILES string of the molecule is Cc1ccc(S(=O)(=O)NCCNC(=O)c2ccc(F)c(F)c2F)cc1. The number of rotatable bonds is 6. The van der Waals surface area contributed by atoms with Crippen molar-refractivity contribution in [2.75, 3.05) is 13.1 Å². The van der Waals surface area contributed by atoms with Crippen molar-refractivity contribution in [1.82, 2.24) is 10.0 Å². The van der Waals surface area contributed by atoms with Gasteiger partial charge in [0.05, 0.1) is 10.5 Å². The number of hydrogen-bond donors (Lipinski definition) is 2. The molecule has 0 unspecified atom stereocenters. The van der Waals surface area contributed by atoms with Gasteiger partial charge in [-0.15, -0.1) is 0 Å². The molecule has 1 amide bonds. The van der Waals surface area contributed by atoms with Gasteiger partial charge < -0.3 is 5.32 Å². The van der Waals surface area contributed by atoms with E-state index in [9.17, 15) is 26.4 Å². The fourth-order valence-corrected chi connectivity index (χ4v) is 2.99. The summed E-state index contributed by atoms with van der Waals surface area (Å²) in [4.78, 5) is 11.8. The number of hydrogen-bond acceptors (Lipinski definition) is 3. The van der Waals surface area contributed by atoms with Crippen molar-refractivity contribution in [3.05, 3.63) is 65.0 Å². The Hall–Kier alpha value is -2.39. The number of aryl methyl sites for hydroxylation is 1. The highest BCUT2D eigenvalue weighted by molar-refractivity contribution is 7.89. The highest BCUT2D eigenvalue weighted by atomic mass is 32.2. The first-order chi connectivity index (χ1) is 11.7. The summed E-state index contributed by atoms with van der Waals surface area (Å²) < 4.78 is 65.7. The predicted octanol–water partition coefficient (Wildman–Crippen LogP) is 2.12. The third-order valence-corrected chi connectivity index (χ3v) is 4.79. The van der Waals surface area contributed by atoms with Gasteiger partial charge in [-0.1, -0.05) is 17.7 Å². The summed E-state index contributed by atoms with van der Waals surface area (Å²) in [7, 11) is -3.75. The minimum absolute atomic E-state index is 0.0658.